The van der Waals surface area contributed by atoms with Gasteiger partial charge in [-0.2, -0.15) is 0 Å². The SMILES string of the molecule is [C-]#[N+]c1ccc(-c2ccc(-n3c4ccccc4c4cc(-c5ccccc5)ccc43)c(-c3ccc(-n4c5ccccc5c5cc(-c6ccccc6)ccc54)c(-c4nc(-c5ccccc5)nc(-c5ccccc5)n4)c3)c2)cc1. The van der Waals surface area contributed by atoms with Gasteiger partial charge in [0.25, 0.3) is 0 Å². The molecule has 6 nitrogen and oxygen atoms in total. The Morgan fingerprint density at radius 3 is 1.12 bits per heavy atom. The van der Waals surface area contributed by atoms with E-state index in [0.717, 1.165) is 94.3 Å². The van der Waals surface area contributed by atoms with Crippen molar-refractivity contribution in [2.24, 2.45) is 0 Å². The van der Waals surface area contributed by atoms with Gasteiger partial charge < -0.3 is 9.13 Å². The Balaban J connectivity index is 1.06. The second-order valence-corrected chi connectivity index (χ2v) is 19.1. The van der Waals surface area contributed by atoms with Crippen LogP contribution in [0.1, 0.15) is 0 Å². The lowest BCUT2D eigenvalue weighted by molar-refractivity contribution is 1.06. The average molecular weight is 969 g/mol. The van der Waals surface area contributed by atoms with Crippen molar-refractivity contribution in [1.82, 2.24) is 24.1 Å². The fourth-order valence-electron chi connectivity index (χ4n) is 11.0. The third-order valence-electron chi connectivity index (χ3n) is 14.6. The molecule has 0 aliphatic carbocycles. The zero-order valence-electron chi connectivity index (χ0n) is 41.1. The molecule has 3 heterocycles. The summed E-state index contributed by atoms with van der Waals surface area (Å²) in [6.07, 6.45) is 0. The van der Waals surface area contributed by atoms with E-state index in [1.54, 1.807) is 0 Å². The van der Waals surface area contributed by atoms with Crippen LogP contribution in [0, 0.1) is 6.57 Å². The number of hydrogen-bond acceptors (Lipinski definition) is 3. The minimum absolute atomic E-state index is 0.550. The molecule has 0 aliphatic heterocycles. The number of benzene rings is 11. The summed E-state index contributed by atoms with van der Waals surface area (Å²) in [5.74, 6) is 1.72. The summed E-state index contributed by atoms with van der Waals surface area (Å²) in [6, 6.07) is 93.9. The third-order valence-corrected chi connectivity index (χ3v) is 14.6. The van der Waals surface area contributed by atoms with Crippen molar-refractivity contribution >= 4 is 49.3 Å². The van der Waals surface area contributed by atoms with E-state index >= 15 is 0 Å². The van der Waals surface area contributed by atoms with E-state index in [4.69, 9.17) is 21.5 Å². The third kappa shape index (κ3) is 7.70. The van der Waals surface area contributed by atoms with Crippen LogP contribution in [0.4, 0.5) is 5.69 Å². The summed E-state index contributed by atoms with van der Waals surface area (Å²) in [7, 11) is 0. The van der Waals surface area contributed by atoms with Crippen LogP contribution in [-0.2, 0) is 0 Å². The lowest BCUT2D eigenvalue weighted by atomic mass is 9.95. The van der Waals surface area contributed by atoms with Crippen LogP contribution >= 0.6 is 0 Å². The van der Waals surface area contributed by atoms with Crippen molar-refractivity contribution in [3.8, 4) is 90.0 Å². The second-order valence-electron chi connectivity index (χ2n) is 19.1. The molecule has 14 rings (SSSR count). The number of rotatable bonds is 9. The normalized spacial score (nSPS) is 11.4. The molecule has 0 fully saturated rings. The molecule has 14 aromatic rings. The maximum absolute atomic E-state index is 7.69. The molecule has 0 unspecified atom stereocenters. The minimum atomic E-state index is 0.550. The van der Waals surface area contributed by atoms with Gasteiger partial charge in [-0.25, -0.2) is 19.8 Å². The van der Waals surface area contributed by atoms with Gasteiger partial charge in [0.05, 0.1) is 40.0 Å². The molecule has 0 amide bonds. The largest absolute Gasteiger partial charge is 0.309 e. The van der Waals surface area contributed by atoms with Gasteiger partial charge in [-0.3, -0.25) is 0 Å². The lowest BCUT2D eigenvalue weighted by Crippen LogP contribution is -2.04. The fourth-order valence-corrected chi connectivity index (χ4v) is 11.0. The number of nitrogens with zero attached hydrogens (tertiary/aromatic N) is 6. The first kappa shape index (κ1) is 44.2. The van der Waals surface area contributed by atoms with Crippen LogP contribution in [0.2, 0.25) is 0 Å². The van der Waals surface area contributed by atoms with Gasteiger partial charge in [0.2, 0.25) is 0 Å². The van der Waals surface area contributed by atoms with Gasteiger partial charge in [-0.1, -0.05) is 206 Å². The van der Waals surface area contributed by atoms with Crippen molar-refractivity contribution < 1.29 is 0 Å². The first-order chi connectivity index (χ1) is 37.6. The Kier molecular flexibility index (Phi) is 10.8. The summed E-state index contributed by atoms with van der Waals surface area (Å²) in [4.78, 5) is 19.7. The fraction of sp³-hybridized carbons (Fsp3) is 0. The minimum Gasteiger partial charge on any atom is -0.309 e. The molecule has 6 heteroatoms. The Morgan fingerprint density at radius 1 is 0.263 bits per heavy atom. The Bertz CT molecular complexity index is 4500. The quantitative estimate of drug-likeness (QED) is 0.135. The standard InChI is InChI=1S/C70H44N6/c1-71-55-36-30-48(31-37-55)51-32-38-64(75-62-28-16-14-26-56(62)59-43-52(33-39-65(59)75)46-18-6-2-7-19-46)58(42-51)54-35-41-67(76-63-29-17-15-27-57(63)60-44-53(34-40-66(60)76)47-20-8-3-9-21-47)61(45-54)70-73-68(49-22-10-4-11-23-49)72-69(74-70)50-24-12-5-13-25-50/h2-45H. The molecule has 0 spiro atoms. The van der Waals surface area contributed by atoms with Gasteiger partial charge >= 0.3 is 0 Å². The highest BCUT2D eigenvalue weighted by molar-refractivity contribution is 6.12. The van der Waals surface area contributed by atoms with Gasteiger partial charge in [-0.15, -0.1) is 0 Å². The predicted octanol–water partition coefficient (Wildman–Crippen LogP) is 18.3. The molecule has 0 saturated carbocycles. The van der Waals surface area contributed by atoms with Crippen molar-refractivity contribution in [3.63, 3.8) is 0 Å². The summed E-state index contributed by atoms with van der Waals surface area (Å²) >= 11 is 0. The molecular formula is C70H44N6. The molecule has 76 heavy (non-hydrogen) atoms. The molecule has 0 saturated heterocycles. The van der Waals surface area contributed by atoms with Crippen molar-refractivity contribution in [3.05, 3.63) is 278 Å². The van der Waals surface area contributed by atoms with E-state index in [9.17, 15) is 0 Å². The maximum Gasteiger partial charge on any atom is 0.187 e. The van der Waals surface area contributed by atoms with Crippen LogP contribution in [0.15, 0.2) is 267 Å². The number of hydrogen-bond donors (Lipinski definition) is 0. The molecular weight excluding hydrogens is 925 g/mol. The zero-order chi connectivity index (χ0) is 50.5. The van der Waals surface area contributed by atoms with E-state index < -0.39 is 0 Å². The van der Waals surface area contributed by atoms with Crippen LogP contribution < -0.4 is 0 Å². The van der Waals surface area contributed by atoms with E-state index in [2.05, 4.69) is 220 Å². The molecule has 0 atom stereocenters. The number of aromatic nitrogens is 5. The second kappa shape index (κ2) is 18.5. The topological polar surface area (TPSA) is 52.9 Å². The van der Waals surface area contributed by atoms with E-state index in [1.165, 1.54) is 21.9 Å². The van der Waals surface area contributed by atoms with E-state index in [0.29, 0.717) is 23.2 Å². The average Bonchev–Trinajstić information content (AvgIpc) is 4.05. The molecule has 0 N–H and O–H groups in total. The van der Waals surface area contributed by atoms with Crippen molar-refractivity contribution in [2.75, 3.05) is 0 Å². The summed E-state index contributed by atoms with van der Waals surface area (Å²) in [5.41, 5.74) is 18.2. The molecule has 11 aromatic carbocycles. The van der Waals surface area contributed by atoms with Crippen molar-refractivity contribution in [1.29, 1.82) is 0 Å². The Morgan fingerprint density at radius 2 is 0.618 bits per heavy atom. The highest BCUT2D eigenvalue weighted by Gasteiger charge is 2.23. The Labute approximate surface area is 439 Å². The summed E-state index contributed by atoms with van der Waals surface area (Å²) < 4.78 is 4.79. The zero-order valence-corrected chi connectivity index (χ0v) is 41.1. The highest BCUT2D eigenvalue weighted by atomic mass is 15.1. The predicted molar refractivity (Wildman–Crippen MR) is 313 cm³/mol. The molecule has 354 valence electrons. The van der Waals surface area contributed by atoms with Gasteiger partial charge in [0.1, 0.15) is 0 Å². The number of para-hydroxylation sites is 2. The molecule has 0 aliphatic rings. The number of fused-ring (bicyclic) bond motifs is 6. The van der Waals surface area contributed by atoms with Crippen LogP contribution in [-0.4, -0.2) is 24.1 Å². The van der Waals surface area contributed by atoms with Crippen LogP contribution in [0.25, 0.3) is 139 Å². The van der Waals surface area contributed by atoms with Crippen LogP contribution in [0.3, 0.4) is 0 Å². The molecule has 3 aromatic heterocycles. The van der Waals surface area contributed by atoms with Gasteiger partial charge in [0, 0.05) is 43.8 Å². The van der Waals surface area contributed by atoms with Gasteiger partial charge in [0.15, 0.2) is 23.2 Å². The Hall–Kier alpha value is -10.5. The van der Waals surface area contributed by atoms with Gasteiger partial charge in [-0.05, 0) is 99.6 Å². The van der Waals surface area contributed by atoms with Crippen molar-refractivity contribution in [2.45, 2.75) is 0 Å². The van der Waals surface area contributed by atoms with E-state index in [-0.39, 0.29) is 0 Å². The summed E-state index contributed by atoms with van der Waals surface area (Å²) in [5, 5.41) is 4.65. The lowest BCUT2D eigenvalue weighted by Gasteiger charge is -2.19. The van der Waals surface area contributed by atoms with E-state index in [1.807, 2.05) is 60.7 Å². The summed E-state index contributed by atoms with van der Waals surface area (Å²) in [6.45, 7) is 7.69. The maximum atomic E-state index is 7.69. The monoisotopic (exact) mass is 968 g/mol. The van der Waals surface area contributed by atoms with Crippen LogP contribution in [0.5, 0.6) is 0 Å². The first-order valence-corrected chi connectivity index (χ1v) is 25.5. The molecule has 0 radical (unpaired) electrons. The molecule has 0 bridgehead atoms. The first-order valence-electron chi connectivity index (χ1n) is 25.5. The highest BCUT2D eigenvalue weighted by Crippen LogP contribution is 2.44. The smallest absolute Gasteiger partial charge is 0.187 e.